The Morgan fingerprint density at radius 2 is 2.08 bits per heavy atom. The van der Waals surface area contributed by atoms with Crippen molar-refractivity contribution in [1.82, 2.24) is 0 Å². The zero-order valence-corrected chi connectivity index (χ0v) is 15.5. The first kappa shape index (κ1) is 17.1. The summed E-state index contributed by atoms with van der Waals surface area (Å²) in [5.74, 6) is 3.52. The zero-order chi connectivity index (χ0) is 17.6. The number of hydrogen-bond donors (Lipinski definition) is 2. The molecule has 0 aromatic heterocycles. The summed E-state index contributed by atoms with van der Waals surface area (Å²) >= 11 is 0. The molecule has 3 heteroatoms. The summed E-state index contributed by atoms with van der Waals surface area (Å²) in [4.78, 5) is 4.21. The van der Waals surface area contributed by atoms with Crippen LogP contribution >= 0.6 is 0 Å². The molecule has 0 heterocycles. The molecule has 0 unspecified atom stereocenters. The van der Waals surface area contributed by atoms with Crippen LogP contribution in [0, 0.1) is 23.2 Å². The van der Waals surface area contributed by atoms with E-state index < -0.39 is 0 Å². The fourth-order valence-corrected chi connectivity index (χ4v) is 6.21. The highest BCUT2D eigenvalue weighted by atomic mass is 16.3. The van der Waals surface area contributed by atoms with Crippen LogP contribution in [0.25, 0.3) is 0 Å². The molecule has 0 amide bonds. The Morgan fingerprint density at radius 3 is 2.88 bits per heavy atom. The quantitative estimate of drug-likeness (QED) is 0.806. The largest absolute Gasteiger partial charge is 0.507 e. The van der Waals surface area contributed by atoms with E-state index in [1.165, 1.54) is 43.2 Å². The van der Waals surface area contributed by atoms with Gasteiger partial charge in [0.05, 0.1) is 13.2 Å². The van der Waals surface area contributed by atoms with Crippen molar-refractivity contribution < 1.29 is 10.2 Å². The van der Waals surface area contributed by atoms with Crippen LogP contribution in [-0.2, 0) is 6.42 Å². The molecular formula is C22H31NO2. The minimum Gasteiger partial charge on any atom is -0.507 e. The van der Waals surface area contributed by atoms with Crippen molar-refractivity contribution in [2.24, 2.45) is 28.2 Å². The Morgan fingerprint density at radius 1 is 1.24 bits per heavy atom. The van der Waals surface area contributed by atoms with Gasteiger partial charge in [-0.3, -0.25) is 4.99 Å². The van der Waals surface area contributed by atoms with Crippen molar-refractivity contribution in [2.75, 3.05) is 13.2 Å². The van der Waals surface area contributed by atoms with Crippen LogP contribution in [0.1, 0.15) is 68.6 Å². The summed E-state index contributed by atoms with van der Waals surface area (Å²) < 4.78 is 0. The van der Waals surface area contributed by atoms with E-state index in [9.17, 15) is 5.11 Å². The molecule has 2 saturated carbocycles. The fourth-order valence-electron chi connectivity index (χ4n) is 6.21. The minimum atomic E-state index is 0.0470. The maximum Gasteiger partial charge on any atom is 0.124 e. The SMILES string of the molecule is C[C@H]1CC[C@H]2[C@@H]3CCc4cc(O)c(C=NCCO)cc4[C@H]3CC[C@]12C. The second-order valence-corrected chi connectivity index (χ2v) is 8.81. The highest BCUT2D eigenvalue weighted by Crippen LogP contribution is 2.62. The first-order valence-corrected chi connectivity index (χ1v) is 10.0. The summed E-state index contributed by atoms with van der Waals surface area (Å²) in [7, 11) is 0. The third kappa shape index (κ3) is 2.71. The van der Waals surface area contributed by atoms with E-state index in [4.69, 9.17) is 5.11 Å². The van der Waals surface area contributed by atoms with Crippen molar-refractivity contribution >= 4 is 6.21 Å². The summed E-state index contributed by atoms with van der Waals surface area (Å²) in [5.41, 5.74) is 4.15. The molecule has 0 aliphatic heterocycles. The maximum absolute atomic E-state index is 10.3. The van der Waals surface area contributed by atoms with Gasteiger partial charge in [0, 0.05) is 11.8 Å². The molecule has 3 nitrogen and oxygen atoms in total. The molecule has 2 N–H and O–H groups in total. The number of benzene rings is 1. The molecule has 25 heavy (non-hydrogen) atoms. The van der Waals surface area contributed by atoms with Gasteiger partial charge in [0.2, 0.25) is 0 Å². The molecule has 0 spiro atoms. The third-order valence-electron chi connectivity index (χ3n) is 7.81. The number of aliphatic hydroxyl groups excluding tert-OH is 1. The lowest BCUT2D eigenvalue weighted by atomic mass is 9.54. The number of phenolic OH excluding ortho intramolecular Hbond substituents is 1. The van der Waals surface area contributed by atoms with Crippen molar-refractivity contribution in [3.63, 3.8) is 0 Å². The third-order valence-corrected chi connectivity index (χ3v) is 7.81. The van der Waals surface area contributed by atoms with Gasteiger partial charge in [-0.15, -0.1) is 0 Å². The Kier molecular flexibility index (Phi) is 4.39. The van der Waals surface area contributed by atoms with Gasteiger partial charge in [-0.05, 0) is 90.9 Å². The number of fused-ring (bicyclic) bond motifs is 5. The molecule has 0 radical (unpaired) electrons. The number of aliphatic hydroxyl groups is 1. The van der Waals surface area contributed by atoms with Gasteiger partial charge in [0.1, 0.15) is 5.75 Å². The molecule has 136 valence electrons. The molecule has 0 bridgehead atoms. The van der Waals surface area contributed by atoms with Crippen molar-refractivity contribution in [3.05, 3.63) is 28.8 Å². The normalized spacial score (nSPS) is 36.9. The average molecular weight is 341 g/mol. The van der Waals surface area contributed by atoms with Crippen molar-refractivity contribution in [2.45, 2.75) is 58.3 Å². The van der Waals surface area contributed by atoms with E-state index in [2.05, 4.69) is 24.9 Å². The molecule has 5 atom stereocenters. The number of aromatic hydroxyl groups is 1. The van der Waals surface area contributed by atoms with Gasteiger partial charge in [0.15, 0.2) is 0 Å². The van der Waals surface area contributed by atoms with E-state index in [1.54, 1.807) is 6.21 Å². The topological polar surface area (TPSA) is 52.8 Å². The first-order chi connectivity index (χ1) is 12.0. The van der Waals surface area contributed by atoms with Gasteiger partial charge in [-0.1, -0.05) is 13.8 Å². The number of aryl methyl sites for hydroxylation is 1. The fraction of sp³-hybridized carbons (Fsp3) is 0.682. The molecule has 1 aromatic rings. The molecule has 3 aliphatic rings. The standard InChI is InChI=1S/C22H31NO2/c1-14-3-6-20-18-5-4-15-12-21(25)16(13-23-9-10-24)11-19(15)17(18)7-8-22(14,20)2/h11-14,17-18,20,24-25H,3-10H2,1-2H3/t14-,17-,18+,20-,22+/m0/s1. The van der Waals surface area contributed by atoms with E-state index in [0.29, 0.717) is 23.6 Å². The molecule has 4 rings (SSSR count). The van der Waals surface area contributed by atoms with Crippen LogP contribution in [0.4, 0.5) is 0 Å². The van der Waals surface area contributed by atoms with Gasteiger partial charge in [-0.25, -0.2) is 0 Å². The van der Waals surface area contributed by atoms with Gasteiger partial charge >= 0.3 is 0 Å². The lowest BCUT2D eigenvalue weighted by molar-refractivity contribution is 0.0336. The summed E-state index contributed by atoms with van der Waals surface area (Å²) in [6, 6.07) is 4.15. The van der Waals surface area contributed by atoms with E-state index in [0.717, 1.165) is 29.7 Å². The van der Waals surface area contributed by atoms with Gasteiger partial charge in [0.25, 0.3) is 0 Å². The van der Waals surface area contributed by atoms with Crippen molar-refractivity contribution in [1.29, 1.82) is 0 Å². The second kappa shape index (κ2) is 6.42. The molecule has 1 aromatic carbocycles. The maximum atomic E-state index is 10.3. The summed E-state index contributed by atoms with van der Waals surface area (Å²) in [5, 5.41) is 19.3. The van der Waals surface area contributed by atoms with Crippen LogP contribution < -0.4 is 0 Å². The number of rotatable bonds is 3. The lowest BCUT2D eigenvalue weighted by Gasteiger charge is -2.50. The van der Waals surface area contributed by atoms with E-state index in [-0.39, 0.29) is 6.61 Å². The zero-order valence-electron chi connectivity index (χ0n) is 15.5. The Balaban J connectivity index is 1.66. The predicted octanol–water partition coefficient (Wildman–Crippen LogP) is 4.30. The van der Waals surface area contributed by atoms with Crippen LogP contribution in [0.15, 0.2) is 17.1 Å². The minimum absolute atomic E-state index is 0.0470. The monoisotopic (exact) mass is 341 g/mol. The Hall–Kier alpha value is -1.35. The number of nitrogens with zero attached hydrogens (tertiary/aromatic N) is 1. The van der Waals surface area contributed by atoms with Crippen LogP contribution in [0.3, 0.4) is 0 Å². The molecule has 3 aliphatic carbocycles. The van der Waals surface area contributed by atoms with E-state index >= 15 is 0 Å². The molecule has 2 fully saturated rings. The van der Waals surface area contributed by atoms with Crippen LogP contribution in [-0.4, -0.2) is 29.6 Å². The number of hydrogen-bond acceptors (Lipinski definition) is 3. The highest BCUT2D eigenvalue weighted by Gasteiger charge is 2.53. The molecule has 0 saturated heterocycles. The number of phenols is 1. The van der Waals surface area contributed by atoms with Gasteiger partial charge < -0.3 is 10.2 Å². The Labute approximate surface area is 151 Å². The van der Waals surface area contributed by atoms with E-state index in [1.807, 2.05) is 6.07 Å². The lowest BCUT2D eigenvalue weighted by Crippen LogP contribution is -2.41. The smallest absolute Gasteiger partial charge is 0.124 e. The predicted molar refractivity (Wildman–Crippen MR) is 101 cm³/mol. The number of aliphatic imine (C=N–C) groups is 1. The summed E-state index contributed by atoms with van der Waals surface area (Å²) in [6.45, 7) is 5.45. The Bertz CT molecular complexity index is 683. The average Bonchev–Trinajstić information content (AvgIpc) is 2.91. The summed E-state index contributed by atoms with van der Waals surface area (Å²) in [6.07, 6.45) is 9.52. The van der Waals surface area contributed by atoms with Crippen molar-refractivity contribution in [3.8, 4) is 5.75 Å². The first-order valence-electron chi connectivity index (χ1n) is 10.0. The van der Waals surface area contributed by atoms with Crippen LogP contribution in [0.2, 0.25) is 0 Å². The van der Waals surface area contributed by atoms with Crippen LogP contribution in [0.5, 0.6) is 5.75 Å². The molecular weight excluding hydrogens is 310 g/mol. The van der Waals surface area contributed by atoms with Gasteiger partial charge in [-0.2, -0.15) is 0 Å². The second-order valence-electron chi connectivity index (χ2n) is 8.81. The highest BCUT2D eigenvalue weighted by molar-refractivity contribution is 5.84.